The maximum atomic E-state index is 13.1. The number of aromatic amines is 1. The summed E-state index contributed by atoms with van der Waals surface area (Å²) in [6.45, 7) is 5.40. The van der Waals surface area contributed by atoms with Gasteiger partial charge in [0.2, 0.25) is 5.89 Å². The molecule has 0 bridgehead atoms. The highest BCUT2D eigenvalue weighted by Crippen LogP contribution is 2.27. The van der Waals surface area contributed by atoms with E-state index in [0.717, 1.165) is 62.0 Å². The Morgan fingerprint density at radius 2 is 2.14 bits per heavy atom. The second-order valence-electron chi connectivity index (χ2n) is 8.46. The Hall–Kier alpha value is -2.44. The fourth-order valence-corrected chi connectivity index (χ4v) is 4.25. The zero-order valence-electron chi connectivity index (χ0n) is 16.7. The Bertz CT molecular complexity index is 915. The van der Waals surface area contributed by atoms with Crippen LogP contribution in [0.25, 0.3) is 0 Å². The van der Waals surface area contributed by atoms with Crippen molar-refractivity contribution >= 4 is 5.91 Å². The second-order valence-corrected chi connectivity index (χ2v) is 8.46. The molecule has 0 aromatic carbocycles. The SMILES string of the molecule is CC(C)Cc1noc(C2CCCN(C(=O)c3cc4c([nH]c3=O)CCCC4)C2)n1. The summed E-state index contributed by atoms with van der Waals surface area (Å²) < 4.78 is 5.47. The number of hydrogen-bond donors (Lipinski definition) is 1. The van der Waals surface area contributed by atoms with Gasteiger partial charge in [-0.05, 0) is 56.1 Å². The largest absolute Gasteiger partial charge is 0.339 e. The molecular weight excluding hydrogens is 356 g/mol. The van der Waals surface area contributed by atoms with Gasteiger partial charge >= 0.3 is 0 Å². The summed E-state index contributed by atoms with van der Waals surface area (Å²) in [6, 6.07) is 1.81. The summed E-state index contributed by atoms with van der Waals surface area (Å²) in [5.74, 6) is 1.63. The summed E-state index contributed by atoms with van der Waals surface area (Å²) in [6.07, 6.45) is 6.57. The van der Waals surface area contributed by atoms with Gasteiger partial charge in [-0.15, -0.1) is 0 Å². The zero-order valence-corrected chi connectivity index (χ0v) is 16.7. The van der Waals surface area contributed by atoms with Crippen LogP contribution in [0.4, 0.5) is 0 Å². The minimum atomic E-state index is -0.273. The van der Waals surface area contributed by atoms with Gasteiger partial charge in [0.25, 0.3) is 11.5 Å². The Balaban J connectivity index is 1.51. The molecule has 1 amide bonds. The Labute approximate surface area is 164 Å². The lowest BCUT2D eigenvalue weighted by Crippen LogP contribution is -2.41. The summed E-state index contributed by atoms with van der Waals surface area (Å²) in [4.78, 5) is 34.8. The van der Waals surface area contributed by atoms with Gasteiger partial charge in [0.15, 0.2) is 5.82 Å². The number of carbonyl (C=O) groups is 1. The molecule has 3 heterocycles. The van der Waals surface area contributed by atoms with Crippen molar-refractivity contribution in [3.8, 4) is 0 Å². The van der Waals surface area contributed by atoms with Crippen LogP contribution in [0.5, 0.6) is 0 Å². The number of nitrogens with zero attached hydrogens (tertiary/aromatic N) is 3. The van der Waals surface area contributed by atoms with Crippen LogP contribution < -0.4 is 5.56 Å². The number of nitrogens with one attached hydrogen (secondary N) is 1. The van der Waals surface area contributed by atoms with Crippen LogP contribution in [-0.2, 0) is 19.3 Å². The number of aromatic nitrogens is 3. The van der Waals surface area contributed by atoms with Gasteiger partial charge in [0.05, 0.1) is 5.92 Å². The molecule has 1 unspecified atom stereocenters. The Morgan fingerprint density at radius 3 is 2.96 bits per heavy atom. The lowest BCUT2D eigenvalue weighted by molar-refractivity contribution is 0.0693. The van der Waals surface area contributed by atoms with Crippen molar-refractivity contribution in [1.29, 1.82) is 0 Å². The third-order valence-electron chi connectivity index (χ3n) is 5.70. The smallest absolute Gasteiger partial charge is 0.261 e. The molecule has 1 aliphatic carbocycles. The first-order chi connectivity index (χ1) is 13.5. The molecule has 0 spiro atoms. The third kappa shape index (κ3) is 3.88. The van der Waals surface area contributed by atoms with E-state index in [1.165, 1.54) is 0 Å². The number of piperidine rings is 1. The van der Waals surface area contributed by atoms with E-state index in [1.54, 1.807) is 4.90 Å². The molecule has 2 aliphatic rings. The molecule has 150 valence electrons. The summed E-state index contributed by atoms with van der Waals surface area (Å²) in [5, 5.41) is 4.08. The van der Waals surface area contributed by atoms with Crippen LogP contribution >= 0.6 is 0 Å². The predicted molar refractivity (Wildman–Crippen MR) is 104 cm³/mol. The van der Waals surface area contributed by atoms with E-state index in [4.69, 9.17) is 4.52 Å². The van der Waals surface area contributed by atoms with Gasteiger partial charge in [0, 0.05) is 25.2 Å². The molecule has 2 aromatic heterocycles. The van der Waals surface area contributed by atoms with Crippen molar-refractivity contribution < 1.29 is 9.32 Å². The van der Waals surface area contributed by atoms with Crippen LogP contribution in [0.15, 0.2) is 15.4 Å². The maximum absolute atomic E-state index is 13.1. The number of H-pyrrole nitrogens is 1. The molecule has 28 heavy (non-hydrogen) atoms. The summed E-state index contributed by atoms with van der Waals surface area (Å²) in [7, 11) is 0. The number of likely N-dealkylation sites (tertiary alicyclic amines) is 1. The standard InChI is InChI=1S/C21H28N4O3/c1-13(2)10-18-23-20(28-24-18)15-7-5-9-25(12-15)21(27)16-11-14-6-3-4-8-17(14)22-19(16)26/h11,13,15H,3-10,12H2,1-2H3,(H,22,26). The van der Waals surface area contributed by atoms with E-state index < -0.39 is 0 Å². The predicted octanol–water partition coefficient (Wildman–Crippen LogP) is 2.86. The lowest BCUT2D eigenvalue weighted by Gasteiger charge is -2.31. The quantitative estimate of drug-likeness (QED) is 0.875. The number of pyridine rings is 1. The molecule has 1 fully saturated rings. The van der Waals surface area contributed by atoms with Gasteiger partial charge in [-0.1, -0.05) is 19.0 Å². The van der Waals surface area contributed by atoms with Crippen molar-refractivity contribution in [2.75, 3.05) is 13.1 Å². The normalized spacial score (nSPS) is 19.7. The van der Waals surface area contributed by atoms with E-state index >= 15 is 0 Å². The molecule has 1 aliphatic heterocycles. The zero-order chi connectivity index (χ0) is 19.7. The van der Waals surface area contributed by atoms with E-state index in [1.807, 2.05) is 6.07 Å². The number of carbonyl (C=O) groups excluding carboxylic acids is 1. The number of amides is 1. The monoisotopic (exact) mass is 384 g/mol. The first-order valence-corrected chi connectivity index (χ1v) is 10.4. The fourth-order valence-electron chi connectivity index (χ4n) is 4.25. The molecule has 7 nitrogen and oxygen atoms in total. The summed E-state index contributed by atoms with van der Waals surface area (Å²) >= 11 is 0. The molecule has 2 aromatic rings. The number of hydrogen-bond acceptors (Lipinski definition) is 5. The summed E-state index contributed by atoms with van der Waals surface area (Å²) in [5.41, 5.74) is 2.09. The molecular formula is C21H28N4O3. The van der Waals surface area contributed by atoms with Crippen molar-refractivity contribution in [3.05, 3.63) is 45.0 Å². The molecule has 0 radical (unpaired) electrons. The van der Waals surface area contributed by atoms with E-state index in [9.17, 15) is 9.59 Å². The highest BCUT2D eigenvalue weighted by Gasteiger charge is 2.30. The molecule has 4 rings (SSSR count). The second kappa shape index (κ2) is 7.89. The van der Waals surface area contributed by atoms with Crippen molar-refractivity contribution in [3.63, 3.8) is 0 Å². The number of fused-ring (bicyclic) bond motifs is 1. The van der Waals surface area contributed by atoms with Crippen LogP contribution in [0, 0.1) is 5.92 Å². The molecule has 1 N–H and O–H groups in total. The van der Waals surface area contributed by atoms with Crippen molar-refractivity contribution in [2.45, 2.75) is 64.7 Å². The van der Waals surface area contributed by atoms with Crippen molar-refractivity contribution in [1.82, 2.24) is 20.0 Å². The number of rotatable bonds is 4. The Morgan fingerprint density at radius 1 is 1.32 bits per heavy atom. The van der Waals surface area contributed by atoms with Crippen molar-refractivity contribution in [2.24, 2.45) is 5.92 Å². The molecule has 7 heteroatoms. The van der Waals surface area contributed by atoms with Gasteiger partial charge in [-0.2, -0.15) is 4.98 Å². The highest BCUT2D eigenvalue weighted by atomic mass is 16.5. The minimum Gasteiger partial charge on any atom is -0.339 e. The van der Waals surface area contributed by atoms with Crippen LogP contribution in [0.1, 0.15) is 78.8 Å². The van der Waals surface area contributed by atoms with Crippen LogP contribution in [0.3, 0.4) is 0 Å². The fraction of sp³-hybridized carbons (Fsp3) is 0.619. The Kier molecular flexibility index (Phi) is 5.33. The minimum absolute atomic E-state index is 0.0304. The van der Waals surface area contributed by atoms with Gasteiger partial charge in [-0.25, -0.2) is 0 Å². The van der Waals surface area contributed by atoms with Gasteiger partial charge in [-0.3, -0.25) is 9.59 Å². The molecule has 1 atom stereocenters. The van der Waals surface area contributed by atoms with E-state index in [0.29, 0.717) is 24.9 Å². The van der Waals surface area contributed by atoms with E-state index in [-0.39, 0.29) is 22.9 Å². The van der Waals surface area contributed by atoms with Crippen LogP contribution in [-0.4, -0.2) is 39.0 Å². The van der Waals surface area contributed by atoms with Crippen LogP contribution in [0.2, 0.25) is 0 Å². The first kappa shape index (κ1) is 18.9. The maximum Gasteiger partial charge on any atom is 0.261 e. The first-order valence-electron chi connectivity index (χ1n) is 10.4. The molecule has 1 saturated heterocycles. The number of aryl methyl sites for hydroxylation is 2. The highest BCUT2D eigenvalue weighted by molar-refractivity contribution is 5.94. The third-order valence-corrected chi connectivity index (χ3v) is 5.70. The molecule has 0 saturated carbocycles. The lowest BCUT2D eigenvalue weighted by atomic mass is 9.94. The van der Waals surface area contributed by atoms with Gasteiger partial charge < -0.3 is 14.4 Å². The van der Waals surface area contributed by atoms with E-state index in [2.05, 4.69) is 29.0 Å². The average Bonchev–Trinajstić information content (AvgIpc) is 3.15. The topological polar surface area (TPSA) is 92.1 Å². The van der Waals surface area contributed by atoms with Gasteiger partial charge in [0.1, 0.15) is 5.56 Å². The average molecular weight is 384 g/mol.